The van der Waals surface area contributed by atoms with Gasteiger partial charge in [0.25, 0.3) is 0 Å². The zero-order valence-electron chi connectivity index (χ0n) is 8.22. The Morgan fingerprint density at radius 1 is 1.27 bits per heavy atom. The molecule has 0 saturated carbocycles. The van der Waals surface area contributed by atoms with Crippen molar-refractivity contribution in [1.29, 1.82) is 0 Å². The summed E-state index contributed by atoms with van der Waals surface area (Å²) in [7, 11) is 0. The number of benzene rings is 1. The maximum absolute atomic E-state index is 9.68. The van der Waals surface area contributed by atoms with Crippen molar-refractivity contribution in [3.05, 3.63) is 33.8 Å². The molecule has 1 rings (SSSR count). The fourth-order valence-electron chi connectivity index (χ4n) is 1.36. The van der Waals surface area contributed by atoms with E-state index in [9.17, 15) is 5.11 Å². The third kappa shape index (κ3) is 4.60. The highest BCUT2D eigenvalue weighted by molar-refractivity contribution is 6.35. The number of alkyl halides is 1. The Hall–Kier alpha value is 0.0500. The molecule has 15 heavy (non-hydrogen) atoms. The van der Waals surface area contributed by atoms with E-state index in [0.717, 1.165) is 12.0 Å². The van der Waals surface area contributed by atoms with Crippen LogP contribution < -0.4 is 0 Å². The lowest BCUT2D eigenvalue weighted by molar-refractivity contribution is 0.164. The second kappa shape index (κ2) is 6.59. The molecular weight excluding hydrogens is 254 g/mol. The van der Waals surface area contributed by atoms with E-state index in [4.69, 9.17) is 34.8 Å². The van der Waals surface area contributed by atoms with Gasteiger partial charge < -0.3 is 5.11 Å². The predicted molar refractivity (Wildman–Crippen MR) is 66.1 cm³/mol. The monoisotopic (exact) mass is 266 g/mol. The van der Waals surface area contributed by atoms with Crippen LogP contribution in [0.5, 0.6) is 0 Å². The Bertz CT molecular complexity index is 315. The molecule has 1 aromatic rings. The zero-order chi connectivity index (χ0) is 11.3. The van der Waals surface area contributed by atoms with Crippen molar-refractivity contribution < 1.29 is 5.11 Å². The summed E-state index contributed by atoms with van der Waals surface area (Å²) in [4.78, 5) is 0. The molecule has 0 spiro atoms. The summed E-state index contributed by atoms with van der Waals surface area (Å²) in [6.45, 7) is 0. The van der Waals surface area contributed by atoms with E-state index in [-0.39, 0.29) is 6.10 Å². The molecule has 0 aliphatic carbocycles. The van der Waals surface area contributed by atoms with E-state index >= 15 is 0 Å². The van der Waals surface area contributed by atoms with E-state index in [1.165, 1.54) is 0 Å². The molecule has 0 aliphatic rings. The van der Waals surface area contributed by atoms with E-state index in [1.807, 2.05) is 6.07 Å². The first-order valence-corrected chi connectivity index (χ1v) is 6.10. The molecule has 1 unspecified atom stereocenters. The molecule has 4 heteroatoms. The molecular formula is C11H13Cl3O. The van der Waals surface area contributed by atoms with Gasteiger partial charge >= 0.3 is 0 Å². The molecule has 1 N–H and O–H groups in total. The summed E-state index contributed by atoms with van der Waals surface area (Å²) >= 11 is 17.3. The van der Waals surface area contributed by atoms with Crippen molar-refractivity contribution in [2.24, 2.45) is 0 Å². The topological polar surface area (TPSA) is 20.2 Å². The van der Waals surface area contributed by atoms with Crippen molar-refractivity contribution in [3.63, 3.8) is 0 Å². The van der Waals surface area contributed by atoms with Gasteiger partial charge in [0.2, 0.25) is 0 Å². The van der Waals surface area contributed by atoms with E-state index in [1.54, 1.807) is 12.1 Å². The molecule has 0 radical (unpaired) electrons. The molecule has 1 nitrogen and oxygen atoms in total. The van der Waals surface area contributed by atoms with Crippen LogP contribution in [0.4, 0.5) is 0 Å². The highest BCUT2D eigenvalue weighted by atomic mass is 35.5. The first-order chi connectivity index (χ1) is 7.13. The van der Waals surface area contributed by atoms with Crippen molar-refractivity contribution >= 4 is 34.8 Å². The lowest BCUT2D eigenvalue weighted by atomic mass is 10.0. The maximum Gasteiger partial charge on any atom is 0.0581 e. The third-order valence-electron chi connectivity index (χ3n) is 2.14. The molecule has 1 atom stereocenters. The van der Waals surface area contributed by atoms with Gasteiger partial charge in [0.15, 0.2) is 0 Å². The van der Waals surface area contributed by atoms with Crippen molar-refractivity contribution in [3.8, 4) is 0 Å². The van der Waals surface area contributed by atoms with Crippen molar-refractivity contribution in [2.75, 3.05) is 5.88 Å². The van der Waals surface area contributed by atoms with Crippen molar-refractivity contribution in [2.45, 2.75) is 25.4 Å². The smallest absolute Gasteiger partial charge is 0.0581 e. The van der Waals surface area contributed by atoms with Gasteiger partial charge in [-0.1, -0.05) is 29.3 Å². The minimum absolute atomic E-state index is 0.387. The molecule has 0 heterocycles. The van der Waals surface area contributed by atoms with Crippen LogP contribution in [-0.2, 0) is 6.42 Å². The standard InChI is InChI=1S/C11H13Cl3O/c12-5-1-2-10(15)6-8-3-4-9(13)7-11(8)14/h3-4,7,10,15H,1-2,5-6H2. The van der Waals surface area contributed by atoms with Crippen LogP contribution in [0.2, 0.25) is 10.0 Å². The highest BCUT2D eigenvalue weighted by Gasteiger charge is 2.08. The Morgan fingerprint density at radius 2 is 2.00 bits per heavy atom. The van der Waals surface area contributed by atoms with Gasteiger partial charge in [-0.15, -0.1) is 11.6 Å². The summed E-state index contributed by atoms with van der Waals surface area (Å²) in [6, 6.07) is 5.30. The molecule has 0 saturated heterocycles. The van der Waals surface area contributed by atoms with E-state index in [0.29, 0.717) is 28.8 Å². The fourth-order valence-corrected chi connectivity index (χ4v) is 2.00. The quantitative estimate of drug-likeness (QED) is 0.802. The zero-order valence-corrected chi connectivity index (χ0v) is 10.5. The average molecular weight is 268 g/mol. The second-order valence-corrected chi connectivity index (χ2v) is 4.65. The summed E-state index contributed by atoms with van der Waals surface area (Å²) in [5.74, 6) is 0.575. The van der Waals surface area contributed by atoms with Crippen LogP contribution in [0.1, 0.15) is 18.4 Å². The molecule has 0 aliphatic heterocycles. The van der Waals surface area contributed by atoms with Gasteiger partial charge in [-0.05, 0) is 37.0 Å². The maximum atomic E-state index is 9.68. The average Bonchev–Trinajstić information content (AvgIpc) is 2.19. The lowest BCUT2D eigenvalue weighted by Crippen LogP contribution is -2.10. The predicted octanol–water partition coefficient (Wildman–Crippen LogP) is 3.92. The lowest BCUT2D eigenvalue weighted by Gasteiger charge is -2.11. The Balaban J connectivity index is 2.56. The Labute approximate surface area is 105 Å². The number of halogens is 3. The van der Waals surface area contributed by atoms with E-state index in [2.05, 4.69) is 0 Å². The fraction of sp³-hybridized carbons (Fsp3) is 0.455. The molecule has 0 fully saturated rings. The first-order valence-electron chi connectivity index (χ1n) is 4.81. The van der Waals surface area contributed by atoms with E-state index < -0.39 is 0 Å². The number of hydrogen-bond donors (Lipinski definition) is 1. The SMILES string of the molecule is OC(CCCCl)Cc1ccc(Cl)cc1Cl. The van der Waals surface area contributed by atoms with Gasteiger partial charge in [-0.2, -0.15) is 0 Å². The van der Waals surface area contributed by atoms with Crippen LogP contribution in [0.25, 0.3) is 0 Å². The Kier molecular flexibility index (Phi) is 5.77. The molecule has 0 amide bonds. The van der Waals surface area contributed by atoms with Crippen LogP contribution in [-0.4, -0.2) is 17.1 Å². The normalized spacial score (nSPS) is 12.8. The van der Waals surface area contributed by atoms with Crippen LogP contribution in [0.15, 0.2) is 18.2 Å². The third-order valence-corrected chi connectivity index (χ3v) is 3.00. The van der Waals surface area contributed by atoms with Crippen LogP contribution in [0.3, 0.4) is 0 Å². The first kappa shape index (κ1) is 13.1. The summed E-state index contributed by atoms with van der Waals surface area (Å²) in [6.07, 6.45) is 1.67. The summed E-state index contributed by atoms with van der Waals surface area (Å²) < 4.78 is 0. The van der Waals surface area contributed by atoms with Crippen LogP contribution >= 0.6 is 34.8 Å². The molecule has 0 bridgehead atoms. The van der Waals surface area contributed by atoms with Crippen LogP contribution in [0, 0.1) is 0 Å². The largest absolute Gasteiger partial charge is 0.393 e. The molecule has 1 aromatic carbocycles. The number of hydrogen-bond acceptors (Lipinski definition) is 1. The van der Waals surface area contributed by atoms with Gasteiger partial charge in [-0.25, -0.2) is 0 Å². The highest BCUT2D eigenvalue weighted by Crippen LogP contribution is 2.22. The minimum atomic E-state index is -0.387. The number of aliphatic hydroxyl groups excluding tert-OH is 1. The molecule has 84 valence electrons. The number of aliphatic hydroxyl groups is 1. The second-order valence-electron chi connectivity index (χ2n) is 3.42. The summed E-state index contributed by atoms with van der Waals surface area (Å²) in [5, 5.41) is 10.9. The van der Waals surface area contributed by atoms with Crippen molar-refractivity contribution in [1.82, 2.24) is 0 Å². The molecule has 0 aromatic heterocycles. The van der Waals surface area contributed by atoms with Gasteiger partial charge in [0, 0.05) is 15.9 Å². The number of rotatable bonds is 5. The Morgan fingerprint density at radius 3 is 2.60 bits per heavy atom. The van der Waals surface area contributed by atoms with Gasteiger partial charge in [0.1, 0.15) is 0 Å². The minimum Gasteiger partial charge on any atom is -0.393 e. The van der Waals surface area contributed by atoms with Gasteiger partial charge in [0.05, 0.1) is 6.10 Å². The van der Waals surface area contributed by atoms with Gasteiger partial charge in [-0.3, -0.25) is 0 Å². The summed E-state index contributed by atoms with van der Waals surface area (Å²) in [5.41, 5.74) is 0.920.